The zero-order valence-corrected chi connectivity index (χ0v) is 16.5. The number of hydrogen-bond donors (Lipinski definition) is 0. The predicted molar refractivity (Wildman–Crippen MR) is 103 cm³/mol. The third-order valence-corrected chi connectivity index (χ3v) is 5.86. The molecule has 5 heteroatoms. The topological polar surface area (TPSA) is 45.7 Å². The van der Waals surface area contributed by atoms with Gasteiger partial charge in [0.15, 0.2) is 0 Å². The Hall–Kier alpha value is -1.30. The van der Waals surface area contributed by atoms with E-state index in [0.717, 1.165) is 51.5 Å². The summed E-state index contributed by atoms with van der Waals surface area (Å²) in [6.07, 6.45) is 4.58. The Morgan fingerprint density at radius 2 is 2.08 bits per heavy atom. The fourth-order valence-electron chi connectivity index (χ4n) is 4.28. The number of carbonyl (C=O) groups excluding carboxylic acids is 1. The van der Waals surface area contributed by atoms with Crippen molar-refractivity contribution in [1.29, 1.82) is 0 Å². The number of nitrogens with zero attached hydrogens (tertiary/aromatic N) is 3. The van der Waals surface area contributed by atoms with Gasteiger partial charge >= 0.3 is 0 Å². The molecule has 0 saturated carbocycles. The lowest BCUT2D eigenvalue weighted by molar-refractivity contribution is -0.0644. The van der Waals surface area contributed by atoms with Gasteiger partial charge in [-0.05, 0) is 50.8 Å². The van der Waals surface area contributed by atoms with E-state index in [1.807, 2.05) is 18.2 Å². The molecule has 3 heterocycles. The van der Waals surface area contributed by atoms with Crippen LogP contribution in [0.15, 0.2) is 24.4 Å². The van der Waals surface area contributed by atoms with Gasteiger partial charge in [0.05, 0.1) is 11.6 Å². The van der Waals surface area contributed by atoms with Crippen LogP contribution in [0.5, 0.6) is 0 Å². The second-order valence-electron chi connectivity index (χ2n) is 8.22. The molecule has 0 amide bonds. The average molecular weight is 360 g/mol. The first kappa shape index (κ1) is 19.5. The summed E-state index contributed by atoms with van der Waals surface area (Å²) in [6, 6.07) is 5.62. The number of pyridine rings is 1. The maximum Gasteiger partial charge on any atom is 0.201 e. The fourth-order valence-corrected chi connectivity index (χ4v) is 4.28. The molecular formula is C21H33N3O2. The molecule has 0 aromatic carbocycles. The molecule has 2 fully saturated rings. The lowest BCUT2D eigenvalue weighted by atomic mass is 9.79. The number of hydrogen-bond acceptors (Lipinski definition) is 5. The fraction of sp³-hybridized carbons (Fsp3) is 0.714. The molecule has 0 N–H and O–H groups in total. The number of Topliss-reactive ketones (excluding diaryl/α,β-unsaturated/α-hetero) is 1. The summed E-state index contributed by atoms with van der Waals surface area (Å²) < 4.78 is 5.79. The third-order valence-electron chi connectivity index (χ3n) is 5.86. The number of rotatable bonds is 6. The Bertz CT molecular complexity index is 584. The Morgan fingerprint density at radius 3 is 2.69 bits per heavy atom. The van der Waals surface area contributed by atoms with Crippen molar-refractivity contribution in [1.82, 2.24) is 14.8 Å². The maximum absolute atomic E-state index is 13.5. The number of carbonyl (C=O) groups is 1. The van der Waals surface area contributed by atoms with Crippen molar-refractivity contribution in [3.8, 4) is 0 Å². The van der Waals surface area contributed by atoms with E-state index in [4.69, 9.17) is 4.74 Å². The predicted octanol–water partition coefficient (Wildman–Crippen LogP) is 2.87. The SMILES string of the molecule is CC(C)CCN1CCN([C@]2(C(=O)c3ccccn3)CCO[C@H](C)C2)CC1. The molecule has 0 radical (unpaired) electrons. The zero-order valence-electron chi connectivity index (χ0n) is 16.5. The number of ether oxygens (including phenoxy) is 1. The van der Waals surface area contributed by atoms with E-state index in [0.29, 0.717) is 12.3 Å². The van der Waals surface area contributed by atoms with Gasteiger partial charge in [-0.2, -0.15) is 0 Å². The van der Waals surface area contributed by atoms with Gasteiger partial charge in [-0.3, -0.25) is 14.7 Å². The van der Waals surface area contributed by atoms with Crippen LogP contribution < -0.4 is 0 Å². The quantitative estimate of drug-likeness (QED) is 0.731. The summed E-state index contributed by atoms with van der Waals surface area (Å²) in [5.41, 5.74) is 0.125. The molecule has 0 unspecified atom stereocenters. The highest BCUT2D eigenvalue weighted by atomic mass is 16.5. The largest absolute Gasteiger partial charge is 0.378 e. The van der Waals surface area contributed by atoms with E-state index in [1.165, 1.54) is 6.42 Å². The van der Waals surface area contributed by atoms with Crippen LogP contribution in [0.4, 0.5) is 0 Å². The van der Waals surface area contributed by atoms with Gasteiger partial charge in [0.1, 0.15) is 5.69 Å². The van der Waals surface area contributed by atoms with Crippen LogP contribution in [0.1, 0.15) is 50.5 Å². The second-order valence-corrected chi connectivity index (χ2v) is 8.22. The van der Waals surface area contributed by atoms with Crippen LogP contribution in [0, 0.1) is 5.92 Å². The average Bonchev–Trinajstić information content (AvgIpc) is 2.66. The van der Waals surface area contributed by atoms with Crippen molar-refractivity contribution in [2.24, 2.45) is 5.92 Å². The van der Waals surface area contributed by atoms with Crippen LogP contribution in [-0.4, -0.2) is 71.5 Å². The van der Waals surface area contributed by atoms with Crippen LogP contribution >= 0.6 is 0 Å². The minimum atomic E-state index is -0.462. The molecular weight excluding hydrogens is 326 g/mol. The Kier molecular flexibility index (Phi) is 6.43. The number of ketones is 1. The molecule has 2 atom stereocenters. The smallest absolute Gasteiger partial charge is 0.201 e. The first-order chi connectivity index (χ1) is 12.5. The molecule has 1 aromatic heterocycles. The van der Waals surface area contributed by atoms with E-state index in [-0.39, 0.29) is 11.9 Å². The summed E-state index contributed by atoms with van der Waals surface area (Å²) in [4.78, 5) is 22.8. The molecule has 0 spiro atoms. The minimum absolute atomic E-state index is 0.107. The molecule has 26 heavy (non-hydrogen) atoms. The third kappa shape index (κ3) is 4.33. The first-order valence-electron chi connectivity index (χ1n) is 10.1. The minimum Gasteiger partial charge on any atom is -0.378 e. The summed E-state index contributed by atoms with van der Waals surface area (Å²) in [7, 11) is 0. The normalized spacial score (nSPS) is 28.4. The molecule has 144 valence electrons. The highest BCUT2D eigenvalue weighted by Crippen LogP contribution is 2.35. The van der Waals surface area contributed by atoms with Crippen molar-refractivity contribution in [3.05, 3.63) is 30.1 Å². The lowest BCUT2D eigenvalue weighted by Gasteiger charge is -2.49. The summed E-state index contributed by atoms with van der Waals surface area (Å²) in [5, 5.41) is 0. The number of aromatic nitrogens is 1. The standard InChI is InChI=1S/C21H33N3O2/c1-17(2)7-10-23-11-13-24(14-12-23)21(8-15-26-18(3)16-21)20(25)19-6-4-5-9-22-19/h4-6,9,17-18H,7-8,10-16H2,1-3H3/t18-,21-/m1/s1. The van der Waals surface area contributed by atoms with Gasteiger partial charge in [0.2, 0.25) is 5.78 Å². The molecule has 2 aliphatic heterocycles. The lowest BCUT2D eigenvalue weighted by Crippen LogP contribution is -2.63. The highest BCUT2D eigenvalue weighted by molar-refractivity contribution is 6.01. The van der Waals surface area contributed by atoms with Crippen molar-refractivity contribution >= 4 is 5.78 Å². The van der Waals surface area contributed by atoms with E-state index in [1.54, 1.807) is 6.20 Å². The van der Waals surface area contributed by atoms with Crippen LogP contribution in [0.3, 0.4) is 0 Å². The van der Waals surface area contributed by atoms with E-state index in [2.05, 4.69) is 35.6 Å². The van der Waals surface area contributed by atoms with Gasteiger partial charge in [0.25, 0.3) is 0 Å². The van der Waals surface area contributed by atoms with E-state index in [9.17, 15) is 4.79 Å². The summed E-state index contributed by atoms with van der Waals surface area (Å²) in [6.45, 7) is 12.4. The van der Waals surface area contributed by atoms with Crippen molar-refractivity contribution in [2.45, 2.75) is 51.7 Å². The molecule has 0 bridgehead atoms. The van der Waals surface area contributed by atoms with Gasteiger partial charge in [-0.25, -0.2) is 0 Å². The summed E-state index contributed by atoms with van der Waals surface area (Å²) in [5.74, 6) is 0.908. The van der Waals surface area contributed by atoms with Crippen molar-refractivity contribution in [2.75, 3.05) is 39.3 Å². The monoisotopic (exact) mass is 359 g/mol. The van der Waals surface area contributed by atoms with Crippen molar-refractivity contribution < 1.29 is 9.53 Å². The van der Waals surface area contributed by atoms with Crippen LogP contribution in [0.2, 0.25) is 0 Å². The Morgan fingerprint density at radius 1 is 1.31 bits per heavy atom. The van der Waals surface area contributed by atoms with Gasteiger partial charge in [-0.1, -0.05) is 19.9 Å². The van der Waals surface area contributed by atoms with Crippen LogP contribution in [0.25, 0.3) is 0 Å². The Balaban J connectivity index is 1.74. The highest BCUT2D eigenvalue weighted by Gasteiger charge is 2.48. The molecule has 0 aliphatic carbocycles. The number of piperazine rings is 1. The molecule has 5 nitrogen and oxygen atoms in total. The molecule has 2 saturated heterocycles. The molecule has 1 aromatic rings. The van der Waals surface area contributed by atoms with Gasteiger partial charge in [-0.15, -0.1) is 0 Å². The summed E-state index contributed by atoms with van der Waals surface area (Å²) >= 11 is 0. The van der Waals surface area contributed by atoms with E-state index >= 15 is 0 Å². The molecule has 3 rings (SSSR count). The maximum atomic E-state index is 13.5. The second kappa shape index (κ2) is 8.59. The first-order valence-corrected chi connectivity index (χ1v) is 10.1. The van der Waals surface area contributed by atoms with Gasteiger partial charge in [0, 0.05) is 39.0 Å². The van der Waals surface area contributed by atoms with E-state index < -0.39 is 5.54 Å². The molecule has 2 aliphatic rings. The van der Waals surface area contributed by atoms with Crippen molar-refractivity contribution in [3.63, 3.8) is 0 Å². The Labute approximate surface area is 157 Å². The van der Waals surface area contributed by atoms with Crippen LogP contribution in [-0.2, 0) is 4.74 Å². The van der Waals surface area contributed by atoms with Gasteiger partial charge < -0.3 is 9.64 Å². The zero-order chi connectivity index (χ0) is 18.6.